The Bertz CT molecular complexity index is 202. The molecule has 0 saturated carbocycles. The summed E-state index contributed by atoms with van der Waals surface area (Å²) in [6, 6.07) is 0. The SMILES string of the molecule is C=C(C)C(=O)OCCCCCNCCCC. The molecule has 0 aromatic carbocycles. The molecule has 94 valence electrons. The van der Waals surface area contributed by atoms with Gasteiger partial charge in [0.25, 0.3) is 0 Å². The number of carbonyl (C=O) groups is 1. The van der Waals surface area contributed by atoms with Crippen LogP contribution in [0.25, 0.3) is 0 Å². The molecule has 0 amide bonds. The highest BCUT2D eigenvalue weighted by molar-refractivity contribution is 5.86. The molecule has 0 atom stereocenters. The summed E-state index contributed by atoms with van der Waals surface area (Å²) in [5, 5.41) is 3.38. The van der Waals surface area contributed by atoms with Crippen molar-refractivity contribution in [3.8, 4) is 0 Å². The molecule has 0 fully saturated rings. The lowest BCUT2D eigenvalue weighted by atomic mass is 10.2. The van der Waals surface area contributed by atoms with E-state index in [1.165, 1.54) is 12.8 Å². The Morgan fingerprint density at radius 2 is 1.88 bits per heavy atom. The predicted molar refractivity (Wildman–Crippen MR) is 67.4 cm³/mol. The van der Waals surface area contributed by atoms with Gasteiger partial charge in [0.2, 0.25) is 0 Å². The summed E-state index contributed by atoms with van der Waals surface area (Å²) in [6.07, 6.45) is 5.67. The molecule has 0 aromatic rings. The molecule has 0 aliphatic carbocycles. The zero-order valence-corrected chi connectivity index (χ0v) is 10.7. The predicted octanol–water partition coefficient (Wildman–Crippen LogP) is 2.67. The fourth-order valence-electron chi connectivity index (χ4n) is 1.24. The van der Waals surface area contributed by atoms with E-state index in [0.29, 0.717) is 12.2 Å². The minimum absolute atomic E-state index is 0.277. The van der Waals surface area contributed by atoms with Crippen LogP contribution in [-0.4, -0.2) is 25.7 Å². The molecule has 0 unspecified atom stereocenters. The summed E-state index contributed by atoms with van der Waals surface area (Å²) in [5.41, 5.74) is 0.473. The van der Waals surface area contributed by atoms with E-state index in [4.69, 9.17) is 4.74 Å². The van der Waals surface area contributed by atoms with Gasteiger partial charge in [0.1, 0.15) is 0 Å². The van der Waals surface area contributed by atoms with Crippen LogP contribution in [0.2, 0.25) is 0 Å². The Morgan fingerprint density at radius 3 is 2.50 bits per heavy atom. The van der Waals surface area contributed by atoms with Crippen LogP contribution in [0.15, 0.2) is 12.2 Å². The maximum Gasteiger partial charge on any atom is 0.333 e. The van der Waals surface area contributed by atoms with Crippen LogP contribution in [0.5, 0.6) is 0 Å². The van der Waals surface area contributed by atoms with Crippen LogP contribution in [0.3, 0.4) is 0 Å². The fraction of sp³-hybridized carbons (Fsp3) is 0.769. The van der Waals surface area contributed by atoms with Crippen molar-refractivity contribution < 1.29 is 9.53 Å². The van der Waals surface area contributed by atoms with E-state index in [0.717, 1.165) is 32.4 Å². The van der Waals surface area contributed by atoms with Crippen LogP contribution in [0.1, 0.15) is 46.0 Å². The average Bonchev–Trinajstić information content (AvgIpc) is 2.26. The zero-order chi connectivity index (χ0) is 12.2. The first kappa shape index (κ1) is 15.2. The molecule has 0 heterocycles. The number of hydrogen-bond acceptors (Lipinski definition) is 3. The third kappa shape index (κ3) is 9.71. The first-order chi connectivity index (χ1) is 7.68. The third-order valence-electron chi connectivity index (χ3n) is 2.29. The van der Waals surface area contributed by atoms with Crippen LogP contribution in [-0.2, 0) is 9.53 Å². The number of nitrogens with one attached hydrogen (secondary N) is 1. The molecule has 16 heavy (non-hydrogen) atoms. The van der Waals surface area contributed by atoms with E-state index in [1.807, 2.05) is 0 Å². The van der Waals surface area contributed by atoms with Gasteiger partial charge in [-0.15, -0.1) is 0 Å². The van der Waals surface area contributed by atoms with Gasteiger partial charge in [-0.1, -0.05) is 19.9 Å². The van der Waals surface area contributed by atoms with Crippen molar-refractivity contribution in [2.75, 3.05) is 19.7 Å². The van der Waals surface area contributed by atoms with E-state index in [9.17, 15) is 4.79 Å². The summed E-state index contributed by atoms with van der Waals surface area (Å²) in [4.78, 5) is 11.0. The van der Waals surface area contributed by atoms with Gasteiger partial charge in [-0.3, -0.25) is 0 Å². The highest BCUT2D eigenvalue weighted by atomic mass is 16.5. The quantitative estimate of drug-likeness (QED) is 0.354. The zero-order valence-electron chi connectivity index (χ0n) is 10.7. The van der Waals surface area contributed by atoms with Crippen molar-refractivity contribution in [2.45, 2.75) is 46.0 Å². The van der Waals surface area contributed by atoms with Gasteiger partial charge in [-0.05, 0) is 45.7 Å². The van der Waals surface area contributed by atoms with E-state index in [-0.39, 0.29) is 5.97 Å². The van der Waals surface area contributed by atoms with Gasteiger partial charge in [0.05, 0.1) is 6.61 Å². The fourth-order valence-corrected chi connectivity index (χ4v) is 1.24. The number of esters is 1. The van der Waals surface area contributed by atoms with Crippen LogP contribution in [0, 0.1) is 0 Å². The Kier molecular flexibility index (Phi) is 10.1. The molecule has 0 aliphatic rings. The topological polar surface area (TPSA) is 38.3 Å². The number of rotatable bonds is 10. The normalized spacial score (nSPS) is 10.1. The summed E-state index contributed by atoms with van der Waals surface area (Å²) >= 11 is 0. The smallest absolute Gasteiger partial charge is 0.333 e. The molecule has 0 aromatic heterocycles. The van der Waals surface area contributed by atoms with Crippen molar-refractivity contribution in [3.63, 3.8) is 0 Å². The van der Waals surface area contributed by atoms with Gasteiger partial charge in [-0.2, -0.15) is 0 Å². The van der Waals surface area contributed by atoms with E-state index >= 15 is 0 Å². The second kappa shape index (κ2) is 10.7. The molecule has 3 heteroatoms. The van der Waals surface area contributed by atoms with Crippen molar-refractivity contribution >= 4 is 5.97 Å². The summed E-state index contributed by atoms with van der Waals surface area (Å²) < 4.78 is 4.99. The van der Waals surface area contributed by atoms with Gasteiger partial charge < -0.3 is 10.1 Å². The first-order valence-corrected chi connectivity index (χ1v) is 6.21. The maximum absolute atomic E-state index is 11.0. The number of unbranched alkanes of at least 4 members (excludes halogenated alkanes) is 3. The lowest BCUT2D eigenvalue weighted by Gasteiger charge is -2.05. The second-order valence-corrected chi connectivity index (χ2v) is 4.08. The van der Waals surface area contributed by atoms with Gasteiger partial charge in [-0.25, -0.2) is 4.79 Å². The molecular weight excluding hydrogens is 202 g/mol. The van der Waals surface area contributed by atoms with Crippen LogP contribution < -0.4 is 5.32 Å². The Morgan fingerprint density at radius 1 is 1.19 bits per heavy atom. The molecule has 0 spiro atoms. The molecule has 0 saturated heterocycles. The van der Waals surface area contributed by atoms with Crippen molar-refractivity contribution in [1.29, 1.82) is 0 Å². The Labute approximate surface area is 99.3 Å². The maximum atomic E-state index is 11.0. The number of hydrogen-bond donors (Lipinski definition) is 1. The van der Waals surface area contributed by atoms with Gasteiger partial charge >= 0.3 is 5.97 Å². The van der Waals surface area contributed by atoms with Gasteiger partial charge in [0, 0.05) is 5.57 Å². The standard InChI is InChI=1S/C13H25NO2/c1-4-5-9-14-10-7-6-8-11-16-13(15)12(2)3/h14H,2,4-11H2,1,3H3. The van der Waals surface area contributed by atoms with E-state index in [2.05, 4.69) is 18.8 Å². The summed E-state index contributed by atoms with van der Waals surface area (Å²) in [6.45, 7) is 10.1. The first-order valence-electron chi connectivity index (χ1n) is 6.21. The second-order valence-electron chi connectivity index (χ2n) is 4.08. The van der Waals surface area contributed by atoms with E-state index in [1.54, 1.807) is 6.92 Å². The molecule has 0 bridgehead atoms. The average molecular weight is 227 g/mol. The monoisotopic (exact) mass is 227 g/mol. The number of ether oxygens (including phenoxy) is 1. The molecule has 0 aliphatic heterocycles. The Balaban J connectivity index is 3.10. The lowest BCUT2D eigenvalue weighted by Crippen LogP contribution is -2.16. The Hall–Kier alpha value is -0.830. The van der Waals surface area contributed by atoms with Crippen molar-refractivity contribution in [3.05, 3.63) is 12.2 Å². The van der Waals surface area contributed by atoms with Crippen LogP contribution >= 0.6 is 0 Å². The lowest BCUT2D eigenvalue weighted by molar-refractivity contribution is -0.139. The third-order valence-corrected chi connectivity index (χ3v) is 2.29. The van der Waals surface area contributed by atoms with Crippen LogP contribution in [0.4, 0.5) is 0 Å². The highest BCUT2D eigenvalue weighted by Gasteiger charge is 2.01. The summed E-state index contributed by atoms with van der Waals surface area (Å²) in [5.74, 6) is -0.277. The molecule has 0 rings (SSSR count). The minimum atomic E-state index is -0.277. The highest BCUT2D eigenvalue weighted by Crippen LogP contribution is 1.98. The number of carbonyl (C=O) groups excluding carboxylic acids is 1. The minimum Gasteiger partial charge on any atom is -0.462 e. The van der Waals surface area contributed by atoms with Crippen molar-refractivity contribution in [2.24, 2.45) is 0 Å². The molecule has 0 radical (unpaired) electrons. The largest absolute Gasteiger partial charge is 0.462 e. The van der Waals surface area contributed by atoms with Gasteiger partial charge in [0.15, 0.2) is 0 Å². The molecule has 1 N–H and O–H groups in total. The van der Waals surface area contributed by atoms with E-state index < -0.39 is 0 Å². The van der Waals surface area contributed by atoms with Crippen molar-refractivity contribution in [1.82, 2.24) is 5.32 Å². The molecule has 3 nitrogen and oxygen atoms in total. The molecular formula is C13H25NO2. The summed E-state index contributed by atoms with van der Waals surface area (Å²) in [7, 11) is 0.